The van der Waals surface area contributed by atoms with E-state index >= 15 is 0 Å². The Bertz CT molecular complexity index is 1160. The number of carboxylic acids is 1. The van der Waals surface area contributed by atoms with Gasteiger partial charge >= 0.3 is 12.1 Å². The van der Waals surface area contributed by atoms with Crippen LogP contribution in [0.4, 0.5) is 18.9 Å². The van der Waals surface area contributed by atoms with Crippen molar-refractivity contribution in [1.82, 2.24) is 0 Å². The van der Waals surface area contributed by atoms with E-state index in [9.17, 15) is 27.9 Å². The van der Waals surface area contributed by atoms with Crippen LogP contribution >= 0.6 is 0 Å². The van der Waals surface area contributed by atoms with Crippen LogP contribution in [0.3, 0.4) is 0 Å². The number of amides is 1. The molecule has 0 spiro atoms. The van der Waals surface area contributed by atoms with Crippen molar-refractivity contribution in [3.05, 3.63) is 101 Å². The second-order valence-corrected chi connectivity index (χ2v) is 6.21. The molecule has 150 valence electrons. The molecular weight excluding hydrogens is 395 g/mol. The normalized spacial score (nSPS) is 10.6. The van der Waals surface area contributed by atoms with Crippen molar-refractivity contribution in [2.45, 2.75) is 6.18 Å². The number of rotatable bonds is 3. The lowest BCUT2D eigenvalue weighted by Crippen LogP contribution is -2.16. The summed E-state index contributed by atoms with van der Waals surface area (Å²) in [5, 5.41) is 11.8. The first kappa shape index (κ1) is 20.7. The zero-order valence-electron chi connectivity index (χ0n) is 15.3. The second-order valence-electron chi connectivity index (χ2n) is 6.21. The molecule has 0 saturated carbocycles. The summed E-state index contributed by atoms with van der Waals surface area (Å²) in [6.07, 6.45) is -4.43. The molecule has 0 aliphatic carbocycles. The van der Waals surface area contributed by atoms with Gasteiger partial charge in [0.05, 0.1) is 16.7 Å². The van der Waals surface area contributed by atoms with E-state index in [1.807, 2.05) is 0 Å². The summed E-state index contributed by atoms with van der Waals surface area (Å²) in [6, 6.07) is 16.9. The first-order valence-electron chi connectivity index (χ1n) is 8.67. The van der Waals surface area contributed by atoms with Crippen LogP contribution in [0.25, 0.3) is 0 Å². The van der Waals surface area contributed by atoms with E-state index in [0.717, 1.165) is 12.1 Å². The lowest BCUT2D eigenvalue weighted by Gasteiger charge is -2.07. The van der Waals surface area contributed by atoms with Crippen molar-refractivity contribution in [2.75, 3.05) is 5.32 Å². The monoisotopic (exact) mass is 409 g/mol. The molecule has 0 bridgehead atoms. The third kappa shape index (κ3) is 5.06. The molecule has 0 aliphatic heterocycles. The van der Waals surface area contributed by atoms with Crippen LogP contribution in [0.5, 0.6) is 0 Å². The largest absolute Gasteiger partial charge is 0.478 e. The van der Waals surface area contributed by atoms with E-state index in [2.05, 4.69) is 17.2 Å². The van der Waals surface area contributed by atoms with Gasteiger partial charge in [0.2, 0.25) is 0 Å². The van der Waals surface area contributed by atoms with Crippen molar-refractivity contribution in [1.29, 1.82) is 0 Å². The highest BCUT2D eigenvalue weighted by atomic mass is 19.4. The fourth-order valence-corrected chi connectivity index (χ4v) is 2.62. The van der Waals surface area contributed by atoms with Gasteiger partial charge in [-0.2, -0.15) is 13.2 Å². The summed E-state index contributed by atoms with van der Waals surface area (Å²) in [4.78, 5) is 23.6. The molecule has 1 amide bonds. The van der Waals surface area contributed by atoms with Crippen molar-refractivity contribution >= 4 is 17.6 Å². The molecule has 2 N–H and O–H groups in total. The van der Waals surface area contributed by atoms with E-state index < -0.39 is 23.6 Å². The number of nitrogens with one attached hydrogen (secondary N) is 1. The molecule has 4 nitrogen and oxygen atoms in total. The number of benzene rings is 3. The molecule has 30 heavy (non-hydrogen) atoms. The topological polar surface area (TPSA) is 66.4 Å². The lowest BCUT2D eigenvalue weighted by molar-refractivity contribution is -0.137. The van der Waals surface area contributed by atoms with Crippen LogP contribution in [-0.4, -0.2) is 17.0 Å². The van der Waals surface area contributed by atoms with E-state index in [-0.39, 0.29) is 16.7 Å². The highest BCUT2D eigenvalue weighted by Crippen LogP contribution is 2.29. The number of carboxylic acid groups (broad SMARTS) is 1. The number of carbonyl (C=O) groups excluding carboxylic acids is 1. The van der Waals surface area contributed by atoms with Gasteiger partial charge < -0.3 is 10.4 Å². The molecule has 0 radical (unpaired) electrons. The molecule has 3 rings (SSSR count). The Kier molecular flexibility index (Phi) is 5.88. The van der Waals surface area contributed by atoms with E-state index in [1.54, 1.807) is 30.3 Å². The highest BCUT2D eigenvalue weighted by Gasteiger charge is 2.30. The van der Waals surface area contributed by atoms with Gasteiger partial charge in [0.25, 0.3) is 5.91 Å². The van der Waals surface area contributed by atoms with Crippen molar-refractivity contribution in [3.8, 4) is 11.8 Å². The Labute approximate surface area is 170 Å². The molecule has 0 aliphatic rings. The van der Waals surface area contributed by atoms with Crippen molar-refractivity contribution in [2.24, 2.45) is 0 Å². The second kappa shape index (κ2) is 8.53. The molecule has 0 aromatic heterocycles. The smallest absolute Gasteiger partial charge is 0.416 e. The number of carbonyl (C=O) groups is 2. The van der Waals surface area contributed by atoms with E-state index in [4.69, 9.17) is 0 Å². The summed E-state index contributed by atoms with van der Waals surface area (Å²) in [6.45, 7) is 0. The Morgan fingerprint density at radius 1 is 0.800 bits per heavy atom. The molecular formula is C23H14F3NO3. The Balaban J connectivity index is 1.73. The van der Waals surface area contributed by atoms with Gasteiger partial charge in [-0.05, 0) is 54.6 Å². The Morgan fingerprint density at radius 2 is 1.43 bits per heavy atom. The number of anilines is 1. The zero-order chi connectivity index (χ0) is 21.7. The van der Waals surface area contributed by atoms with Crippen LogP contribution in [0.1, 0.15) is 37.4 Å². The number of halogens is 3. The molecule has 3 aromatic carbocycles. The molecule has 0 saturated heterocycles. The first-order valence-corrected chi connectivity index (χ1v) is 8.67. The SMILES string of the molecule is O=C(O)c1ccccc1C(=O)Nc1ccc(C#Cc2cccc(C(F)(F)F)c2)cc1. The molecule has 0 unspecified atom stereocenters. The number of alkyl halides is 3. The lowest BCUT2D eigenvalue weighted by atomic mass is 10.1. The quantitative estimate of drug-likeness (QED) is 0.595. The third-order valence-electron chi connectivity index (χ3n) is 4.09. The average molecular weight is 409 g/mol. The summed E-state index contributed by atoms with van der Waals surface area (Å²) < 4.78 is 38.3. The van der Waals surface area contributed by atoms with Crippen molar-refractivity contribution in [3.63, 3.8) is 0 Å². The van der Waals surface area contributed by atoms with E-state index in [0.29, 0.717) is 11.3 Å². The third-order valence-corrected chi connectivity index (χ3v) is 4.09. The number of hydrogen-bond donors (Lipinski definition) is 2. The molecule has 0 atom stereocenters. The van der Waals surface area contributed by atoms with Crippen LogP contribution in [0.15, 0.2) is 72.8 Å². The van der Waals surface area contributed by atoms with Gasteiger partial charge in [-0.15, -0.1) is 0 Å². The van der Waals surface area contributed by atoms with Crippen LogP contribution in [0, 0.1) is 11.8 Å². The van der Waals surface area contributed by atoms with Crippen LogP contribution < -0.4 is 5.32 Å². The van der Waals surface area contributed by atoms with Gasteiger partial charge in [-0.1, -0.05) is 30.0 Å². The van der Waals surface area contributed by atoms with Crippen LogP contribution in [0.2, 0.25) is 0 Å². The average Bonchev–Trinajstić information content (AvgIpc) is 2.73. The van der Waals surface area contributed by atoms with Gasteiger partial charge in [0.1, 0.15) is 0 Å². The predicted octanol–water partition coefficient (Wildman–Crippen LogP) is 5.06. The van der Waals surface area contributed by atoms with Gasteiger partial charge in [0.15, 0.2) is 0 Å². The predicted molar refractivity (Wildman–Crippen MR) is 105 cm³/mol. The summed E-state index contributed by atoms with van der Waals surface area (Å²) in [5.41, 5.74) is 0.333. The maximum Gasteiger partial charge on any atom is 0.416 e. The molecule has 7 heteroatoms. The summed E-state index contributed by atoms with van der Waals surface area (Å²) in [7, 11) is 0. The molecule has 3 aromatic rings. The standard InChI is InChI=1S/C23H14F3NO3/c24-23(25,26)17-5-3-4-16(14-17)9-8-15-10-12-18(13-11-15)27-21(28)19-6-1-2-7-20(19)22(29)30/h1-7,10-14H,(H,27,28)(H,29,30). The Hall–Kier alpha value is -4.05. The fourth-order valence-electron chi connectivity index (χ4n) is 2.62. The maximum atomic E-state index is 12.8. The summed E-state index contributed by atoms with van der Waals surface area (Å²) >= 11 is 0. The van der Waals surface area contributed by atoms with Crippen LogP contribution in [-0.2, 0) is 6.18 Å². The zero-order valence-corrected chi connectivity index (χ0v) is 15.3. The van der Waals surface area contributed by atoms with Gasteiger partial charge in [-0.3, -0.25) is 4.79 Å². The van der Waals surface area contributed by atoms with Crippen molar-refractivity contribution < 1.29 is 27.9 Å². The first-order chi connectivity index (χ1) is 14.2. The van der Waals surface area contributed by atoms with Gasteiger partial charge in [-0.25, -0.2) is 4.79 Å². The highest BCUT2D eigenvalue weighted by molar-refractivity contribution is 6.10. The Morgan fingerprint density at radius 3 is 2.07 bits per heavy atom. The number of aromatic carboxylic acids is 1. The van der Waals surface area contributed by atoms with E-state index in [1.165, 1.54) is 30.3 Å². The minimum atomic E-state index is -4.43. The maximum absolute atomic E-state index is 12.8. The fraction of sp³-hybridized carbons (Fsp3) is 0.0435. The molecule has 0 heterocycles. The van der Waals surface area contributed by atoms with Gasteiger partial charge in [0, 0.05) is 16.8 Å². The molecule has 0 fully saturated rings. The minimum absolute atomic E-state index is 0.0263. The number of hydrogen-bond acceptors (Lipinski definition) is 2. The minimum Gasteiger partial charge on any atom is -0.478 e. The summed E-state index contributed by atoms with van der Waals surface area (Å²) in [5.74, 6) is 3.66.